The number of benzene rings is 1. The Morgan fingerprint density at radius 3 is 2.70 bits per heavy atom. The fourth-order valence-electron chi connectivity index (χ4n) is 2.09. The van der Waals surface area contributed by atoms with Crippen molar-refractivity contribution in [3.05, 3.63) is 51.3 Å². The van der Waals surface area contributed by atoms with Crippen molar-refractivity contribution in [1.29, 1.82) is 0 Å². The van der Waals surface area contributed by atoms with Gasteiger partial charge in [-0.25, -0.2) is 8.78 Å². The molecule has 0 unspecified atom stereocenters. The molecule has 9 heteroatoms. The number of carbonyl (C=O) groups is 1. The summed E-state index contributed by atoms with van der Waals surface area (Å²) in [6.45, 7) is 2.75. The highest BCUT2D eigenvalue weighted by molar-refractivity contribution is 5.93. The molecule has 0 saturated heterocycles. The van der Waals surface area contributed by atoms with E-state index in [0.29, 0.717) is 11.3 Å². The van der Waals surface area contributed by atoms with Crippen molar-refractivity contribution in [1.82, 2.24) is 9.78 Å². The zero-order valence-corrected chi connectivity index (χ0v) is 12.4. The Kier molecular flexibility index (Phi) is 4.68. The number of alkyl halides is 2. The third-order valence-corrected chi connectivity index (χ3v) is 3.07. The van der Waals surface area contributed by atoms with Gasteiger partial charge in [0.1, 0.15) is 17.9 Å². The Bertz CT molecular complexity index is 758. The first-order valence-electron chi connectivity index (χ1n) is 6.65. The lowest BCUT2D eigenvalue weighted by Crippen LogP contribution is -2.21. The van der Waals surface area contributed by atoms with Crippen LogP contribution in [-0.2, 0) is 11.3 Å². The number of rotatable bonds is 5. The lowest BCUT2D eigenvalue weighted by molar-refractivity contribution is -0.384. The molecule has 0 spiro atoms. The van der Waals surface area contributed by atoms with Crippen molar-refractivity contribution in [2.24, 2.45) is 0 Å². The van der Waals surface area contributed by atoms with Crippen molar-refractivity contribution in [2.75, 3.05) is 5.32 Å². The number of carbonyl (C=O) groups excluding carboxylic acids is 1. The summed E-state index contributed by atoms with van der Waals surface area (Å²) in [7, 11) is 0. The molecule has 1 aromatic carbocycles. The smallest absolute Gasteiger partial charge is 0.293 e. The van der Waals surface area contributed by atoms with E-state index in [1.54, 1.807) is 13.0 Å². The maximum Gasteiger partial charge on any atom is 0.293 e. The van der Waals surface area contributed by atoms with Gasteiger partial charge in [0, 0.05) is 6.07 Å². The molecule has 0 aliphatic heterocycles. The minimum Gasteiger partial charge on any atom is -0.319 e. The zero-order chi connectivity index (χ0) is 17.1. The van der Waals surface area contributed by atoms with Gasteiger partial charge in [-0.15, -0.1) is 0 Å². The van der Waals surface area contributed by atoms with E-state index >= 15 is 0 Å². The predicted octanol–water partition coefficient (Wildman–Crippen LogP) is 2.98. The van der Waals surface area contributed by atoms with Gasteiger partial charge in [0.25, 0.3) is 12.1 Å². The Morgan fingerprint density at radius 1 is 1.39 bits per heavy atom. The minimum absolute atomic E-state index is 0.00748. The van der Waals surface area contributed by atoms with Crippen molar-refractivity contribution < 1.29 is 18.5 Å². The number of hydrogen-bond acceptors (Lipinski definition) is 4. The summed E-state index contributed by atoms with van der Waals surface area (Å²) in [6.07, 6.45) is -2.77. The Morgan fingerprint density at radius 2 is 2.09 bits per heavy atom. The van der Waals surface area contributed by atoms with Crippen molar-refractivity contribution in [2.45, 2.75) is 26.8 Å². The Balaban J connectivity index is 2.19. The van der Waals surface area contributed by atoms with E-state index in [9.17, 15) is 23.7 Å². The highest BCUT2D eigenvalue weighted by Crippen LogP contribution is 2.25. The third kappa shape index (κ3) is 3.87. The average molecular weight is 324 g/mol. The average Bonchev–Trinajstić information content (AvgIpc) is 2.81. The Hall–Kier alpha value is -2.84. The van der Waals surface area contributed by atoms with Crippen molar-refractivity contribution >= 4 is 17.3 Å². The largest absolute Gasteiger partial charge is 0.319 e. The molecule has 7 nitrogen and oxygen atoms in total. The lowest BCUT2D eigenvalue weighted by Gasteiger charge is -2.09. The minimum atomic E-state index is -2.77. The van der Waals surface area contributed by atoms with Gasteiger partial charge in [0.15, 0.2) is 0 Å². The summed E-state index contributed by atoms with van der Waals surface area (Å²) in [4.78, 5) is 22.4. The van der Waals surface area contributed by atoms with Crippen LogP contribution in [0, 0.1) is 24.0 Å². The number of hydrogen-bond donors (Lipinski definition) is 1. The summed E-state index contributed by atoms with van der Waals surface area (Å²) >= 11 is 0. The molecule has 23 heavy (non-hydrogen) atoms. The predicted molar refractivity (Wildman–Crippen MR) is 78.4 cm³/mol. The van der Waals surface area contributed by atoms with Crippen LogP contribution in [0.1, 0.15) is 23.4 Å². The van der Waals surface area contributed by atoms with Crippen LogP contribution < -0.4 is 5.32 Å². The van der Waals surface area contributed by atoms with Gasteiger partial charge in [-0.05, 0) is 31.5 Å². The summed E-state index contributed by atoms with van der Waals surface area (Å²) in [5, 5.41) is 17.2. The monoisotopic (exact) mass is 324 g/mol. The van der Waals surface area contributed by atoms with Crippen molar-refractivity contribution in [3.63, 3.8) is 0 Å². The first-order valence-corrected chi connectivity index (χ1v) is 6.65. The quantitative estimate of drug-likeness (QED) is 0.676. The maximum atomic E-state index is 12.9. The number of halogens is 2. The summed E-state index contributed by atoms with van der Waals surface area (Å²) in [6, 6.07) is 5.50. The van der Waals surface area contributed by atoms with Crippen molar-refractivity contribution in [3.8, 4) is 0 Å². The molecule has 0 atom stereocenters. The van der Waals surface area contributed by atoms with Gasteiger partial charge >= 0.3 is 0 Å². The van der Waals surface area contributed by atoms with Crippen LogP contribution in [0.25, 0.3) is 0 Å². The van der Waals surface area contributed by atoms with Gasteiger partial charge in [-0.3, -0.25) is 19.6 Å². The maximum absolute atomic E-state index is 12.9. The number of aryl methyl sites for hydroxylation is 2. The van der Waals surface area contributed by atoms with E-state index in [1.165, 1.54) is 25.1 Å². The molecule has 1 N–H and O–H groups in total. The molecule has 1 aromatic heterocycles. The summed E-state index contributed by atoms with van der Waals surface area (Å²) in [5.41, 5.74) is 0.389. The molecule has 0 aliphatic rings. The van der Waals surface area contributed by atoms with Gasteiger partial charge in [-0.1, -0.05) is 6.07 Å². The number of anilines is 1. The van der Waals surface area contributed by atoms with Gasteiger partial charge < -0.3 is 5.32 Å². The van der Waals surface area contributed by atoms with Gasteiger partial charge in [0.2, 0.25) is 5.91 Å². The molecule has 122 valence electrons. The number of nitrogens with zero attached hydrogens (tertiary/aromatic N) is 3. The van der Waals surface area contributed by atoms with Crippen LogP contribution in [0.15, 0.2) is 24.3 Å². The van der Waals surface area contributed by atoms with Crippen LogP contribution in [0.2, 0.25) is 0 Å². The molecular weight excluding hydrogens is 310 g/mol. The van der Waals surface area contributed by atoms with Crippen LogP contribution in [0.4, 0.5) is 20.2 Å². The zero-order valence-electron chi connectivity index (χ0n) is 12.4. The highest BCUT2D eigenvalue weighted by atomic mass is 19.3. The second-order valence-electron chi connectivity index (χ2n) is 4.99. The molecule has 1 amide bonds. The van der Waals surface area contributed by atoms with E-state index in [-0.39, 0.29) is 17.1 Å². The molecule has 2 aromatic rings. The number of amides is 1. The normalized spacial score (nSPS) is 10.8. The van der Waals surface area contributed by atoms with E-state index in [2.05, 4.69) is 10.4 Å². The van der Waals surface area contributed by atoms with E-state index in [4.69, 9.17) is 0 Å². The second-order valence-corrected chi connectivity index (χ2v) is 4.99. The fraction of sp³-hybridized carbons (Fsp3) is 0.286. The molecule has 0 fully saturated rings. The van der Waals surface area contributed by atoms with Crippen LogP contribution in [0.3, 0.4) is 0 Å². The number of aromatic nitrogens is 2. The second kappa shape index (κ2) is 6.51. The molecule has 0 saturated carbocycles. The number of nitro groups is 1. The summed E-state index contributed by atoms with van der Waals surface area (Å²) in [5.74, 6) is -0.679. The van der Waals surface area contributed by atoms with Gasteiger partial charge in [0.05, 0.1) is 10.6 Å². The van der Waals surface area contributed by atoms with E-state index in [0.717, 1.165) is 4.68 Å². The lowest BCUT2D eigenvalue weighted by atomic mass is 10.2. The SMILES string of the molecule is Cc1ccc(NC(=O)Cn2nc(C)cc2C(F)F)c([N+](=O)[O-])c1. The van der Waals surface area contributed by atoms with E-state index in [1.807, 2.05) is 0 Å². The van der Waals surface area contributed by atoms with E-state index < -0.39 is 23.8 Å². The molecule has 0 aliphatic carbocycles. The topological polar surface area (TPSA) is 90.1 Å². The Labute approximate surface area is 130 Å². The number of nitro benzene ring substituents is 1. The van der Waals surface area contributed by atoms with Crippen LogP contribution >= 0.6 is 0 Å². The molecule has 0 radical (unpaired) electrons. The molecule has 1 heterocycles. The first-order chi connectivity index (χ1) is 10.8. The first kappa shape index (κ1) is 16.5. The molecule has 2 rings (SSSR count). The molecular formula is C14H14F2N4O3. The number of nitrogens with one attached hydrogen (secondary N) is 1. The van der Waals surface area contributed by atoms with Crippen LogP contribution in [0.5, 0.6) is 0 Å². The summed E-state index contributed by atoms with van der Waals surface area (Å²) < 4.78 is 26.6. The standard InChI is InChI=1S/C14H14F2N4O3/c1-8-3-4-10(11(5-8)20(22)23)17-13(21)7-19-12(14(15)16)6-9(2)18-19/h3-6,14H,7H2,1-2H3,(H,17,21). The molecule has 0 bridgehead atoms. The fourth-order valence-corrected chi connectivity index (χ4v) is 2.09. The highest BCUT2D eigenvalue weighted by Gasteiger charge is 2.20. The van der Waals surface area contributed by atoms with Gasteiger partial charge in [-0.2, -0.15) is 5.10 Å². The van der Waals surface area contributed by atoms with Crippen LogP contribution in [-0.4, -0.2) is 20.6 Å². The third-order valence-electron chi connectivity index (χ3n) is 3.07.